The van der Waals surface area contributed by atoms with Crippen molar-refractivity contribution in [1.29, 1.82) is 0 Å². The van der Waals surface area contributed by atoms with E-state index >= 15 is 0 Å². The first-order valence-electron chi connectivity index (χ1n) is 15.4. The van der Waals surface area contributed by atoms with Gasteiger partial charge in [0.15, 0.2) is 18.7 Å². The van der Waals surface area contributed by atoms with Crippen LogP contribution in [0.3, 0.4) is 0 Å². The van der Waals surface area contributed by atoms with E-state index in [4.69, 9.17) is 33.2 Å². The van der Waals surface area contributed by atoms with Crippen molar-refractivity contribution < 1.29 is 53.3 Å². The molecule has 0 aromatic heterocycles. The van der Waals surface area contributed by atoms with Gasteiger partial charge in [0.05, 0.1) is 32.5 Å². The first kappa shape index (κ1) is 34.1. The maximum absolute atomic E-state index is 12.2. The standard InChI is InChI=1S/C35H42O11/c1-22-29(40-19-24-12-6-3-7-13-24)31(32(34(39)43-22)44-23(2)37)46-35-33(42-21-26-16-10-5-11-17-26)30(28(38)27(18-36)45-35)41-20-25-14-8-4-9-15-25/h3-17,22,27-36,38-39H,18-21H2,1-2H3/t22-,27+,28+,29-,30-,31+,32+,33+,34+,35+/m0/s1. The van der Waals surface area contributed by atoms with Gasteiger partial charge in [0, 0.05) is 6.92 Å². The Morgan fingerprint density at radius 3 is 1.63 bits per heavy atom. The lowest BCUT2D eigenvalue weighted by molar-refractivity contribution is -0.365. The van der Waals surface area contributed by atoms with Crippen LogP contribution < -0.4 is 0 Å². The highest BCUT2D eigenvalue weighted by Crippen LogP contribution is 2.34. The molecule has 0 spiro atoms. The van der Waals surface area contributed by atoms with Gasteiger partial charge in [-0.25, -0.2) is 0 Å². The summed E-state index contributed by atoms with van der Waals surface area (Å²) in [6, 6.07) is 28.4. The molecular weight excluding hydrogens is 596 g/mol. The van der Waals surface area contributed by atoms with E-state index in [1.807, 2.05) is 91.0 Å². The molecule has 3 N–H and O–H groups in total. The van der Waals surface area contributed by atoms with Crippen LogP contribution in [-0.2, 0) is 57.8 Å². The SMILES string of the molecule is CC(=O)O[C@@H]1[C@H](O[C@H]2O[C@H](CO)[C@@H](O)[C@H](OCc3ccccc3)[C@H]2OCc2ccccc2)[C@@H](OCc2ccccc2)[C@H](C)O[C@H]1O. The third-order valence-electron chi connectivity index (χ3n) is 7.99. The van der Waals surface area contributed by atoms with Crippen molar-refractivity contribution in [2.75, 3.05) is 6.61 Å². The minimum atomic E-state index is -1.53. The lowest BCUT2D eigenvalue weighted by Crippen LogP contribution is -2.65. The number of esters is 1. The van der Waals surface area contributed by atoms with Crippen LogP contribution in [0.15, 0.2) is 91.0 Å². The zero-order chi connectivity index (χ0) is 32.5. The first-order chi connectivity index (χ1) is 22.3. The van der Waals surface area contributed by atoms with Gasteiger partial charge in [-0.05, 0) is 23.6 Å². The van der Waals surface area contributed by atoms with E-state index in [1.54, 1.807) is 6.92 Å². The molecule has 2 heterocycles. The Morgan fingerprint density at radius 2 is 1.15 bits per heavy atom. The van der Waals surface area contributed by atoms with Crippen molar-refractivity contribution >= 4 is 5.97 Å². The van der Waals surface area contributed by atoms with Gasteiger partial charge in [-0.15, -0.1) is 0 Å². The average Bonchev–Trinajstić information content (AvgIpc) is 3.06. The van der Waals surface area contributed by atoms with Gasteiger partial charge >= 0.3 is 5.97 Å². The van der Waals surface area contributed by atoms with Crippen molar-refractivity contribution in [2.45, 2.75) is 95.1 Å². The highest BCUT2D eigenvalue weighted by Gasteiger charge is 2.53. The minimum absolute atomic E-state index is 0.130. The summed E-state index contributed by atoms with van der Waals surface area (Å²) >= 11 is 0. The summed E-state index contributed by atoms with van der Waals surface area (Å²) < 4.78 is 42.8. The van der Waals surface area contributed by atoms with Gasteiger partial charge in [-0.1, -0.05) is 91.0 Å². The molecule has 2 aliphatic heterocycles. The molecule has 0 saturated carbocycles. The van der Waals surface area contributed by atoms with Gasteiger partial charge in [-0.3, -0.25) is 4.79 Å². The van der Waals surface area contributed by atoms with Crippen LogP contribution >= 0.6 is 0 Å². The van der Waals surface area contributed by atoms with Crippen molar-refractivity contribution in [1.82, 2.24) is 0 Å². The molecule has 0 amide bonds. The van der Waals surface area contributed by atoms with Crippen LogP contribution in [0, 0.1) is 0 Å². The summed E-state index contributed by atoms with van der Waals surface area (Å²) in [4.78, 5) is 12.2. The average molecular weight is 639 g/mol. The number of benzene rings is 3. The fourth-order valence-corrected chi connectivity index (χ4v) is 5.67. The number of hydrogen-bond donors (Lipinski definition) is 3. The summed E-state index contributed by atoms with van der Waals surface area (Å²) in [5.41, 5.74) is 2.62. The predicted molar refractivity (Wildman–Crippen MR) is 164 cm³/mol. The quantitative estimate of drug-likeness (QED) is 0.238. The van der Waals surface area contributed by atoms with Crippen LogP contribution in [0.1, 0.15) is 30.5 Å². The largest absolute Gasteiger partial charge is 0.454 e. The molecule has 3 aromatic rings. The maximum Gasteiger partial charge on any atom is 0.303 e. The van der Waals surface area contributed by atoms with Crippen LogP contribution in [0.5, 0.6) is 0 Å². The van der Waals surface area contributed by atoms with Gasteiger partial charge in [0.25, 0.3) is 0 Å². The summed E-state index contributed by atoms with van der Waals surface area (Å²) in [6.07, 6.45) is -11.1. The van der Waals surface area contributed by atoms with E-state index in [2.05, 4.69) is 0 Å². The van der Waals surface area contributed by atoms with E-state index in [0.717, 1.165) is 16.7 Å². The van der Waals surface area contributed by atoms with Crippen molar-refractivity contribution in [3.63, 3.8) is 0 Å². The van der Waals surface area contributed by atoms with Crippen molar-refractivity contribution in [2.24, 2.45) is 0 Å². The lowest BCUT2D eigenvalue weighted by atomic mass is 9.96. The number of ether oxygens (including phenoxy) is 7. The Kier molecular flexibility index (Phi) is 12.3. The molecule has 0 unspecified atom stereocenters. The zero-order valence-corrected chi connectivity index (χ0v) is 25.9. The van der Waals surface area contributed by atoms with Gasteiger partial charge in [-0.2, -0.15) is 0 Å². The number of aliphatic hydroxyl groups excluding tert-OH is 3. The normalized spacial score (nSPS) is 31.3. The summed E-state index contributed by atoms with van der Waals surface area (Å²) in [5.74, 6) is -0.660. The fourth-order valence-electron chi connectivity index (χ4n) is 5.67. The van der Waals surface area contributed by atoms with E-state index in [0.29, 0.717) is 0 Å². The van der Waals surface area contributed by atoms with Gasteiger partial charge in [0.1, 0.15) is 36.6 Å². The molecule has 2 fully saturated rings. The van der Waals surface area contributed by atoms with E-state index < -0.39 is 74.0 Å². The monoisotopic (exact) mass is 638 g/mol. The number of hydrogen-bond acceptors (Lipinski definition) is 11. The molecule has 46 heavy (non-hydrogen) atoms. The molecule has 0 aliphatic carbocycles. The molecular formula is C35H42O11. The Balaban J connectivity index is 1.45. The van der Waals surface area contributed by atoms with Gasteiger partial charge < -0.3 is 48.5 Å². The highest BCUT2D eigenvalue weighted by molar-refractivity contribution is 5.66. The summed E-state index contributed by atoms with van der Waals surface area (Å²) in [7, 11) is 0. The molecule has 0 radical (unpaired) electrons. The van der Waals surface area contributed by atoms with E-state index in [-0.39, 0.29) is 19.8 Å². The van der Waals surface area contributed by atoms with E-state index in [9.17, 15) is 20.1 Å². The Bertz CT molecular complexity index is 1330. The van der Waals surface area contributed by atoms with E-state index in [1.165, 1.54) is 6.92 Å². The third-order valence-corrected chi connectivity index (χ3v) is 7.99. The number of carbonyl (C=O) groups excluding carboxylic acids is 1. The molecule has 248 valence electrons. The predicted octanol–water partition coefficient (Wildman–Crippen LogP) is 2.87. The van der Waals surface area contributed by atoms with Crippen LogP contribution in [-0.4, -0.2) is 89.3 Å². The lowest BCUT2D eigenvalue weighted by Gasteiger charge is -2.48. The number of rotatable bonds is 13. The third kappa shape index (κ3) is 8.77. The molecule has 10 atom stereocenters. The Morgan fingerprint density at radius 1 is 0.674 bits per heavy atom. The first-order valence-corrected chi connectivity index (χ1v) is 15.4. The summed E-state index contributed by atoms with van der Waals surface area (Å²) in [6.45, 7) is 2.86. The smallest absolute Gasteiger partial charge is 0.303 e. The molecule has 2 aliphatic rings. The second-order valence-electron chi connectivity index (χ2n) is 11.4. The molecule has 0 bridgehead atoms. The molecule has 11 nitrogen and oxygen atoms in total. The molecule has 11 heteroatoms. The van der Waals surface area contributed by atoms with Crippen LogP contribution in [0.2, 0.25) is 0 Å². The molecule has 5 rings (SSSR count). The van der Waals surface area contributed by atoms with Gasteiger partial charge in [0.2, 0.25) is 0 Å². The number of carbonyl (C=O) groups is 1. The fraction of sp³-hybridized carbons (Fsp3) is 0.457. The molecule has 2 saturated heterocycles. The topological polar surface area (TPSA) is 142 Å². The van der Waals surface area contributed by atoms with Crippen LogP contribution in [0.25, 0.3) is 0 Å². The van der Waals surface area contributed by atoms with Crippen molar-refractivity contribution in [3.05, 3.63) is 108 Å². The Hall–Kier alpha value is -3.23. The van der Waals surface area contributed by atoms with Crippen molar-refractivity contribution in [3.8, 4) is 0 Å². The highest BCUT2D eigenvalue weighted by atomic mass is 16.7. The molecule has 3 aromatic carbocycles. The number of aliphatic hydroxyl groups is 3. The van der Waals surface area contributed by atoms with Crippen LogP contribution in [0.4, 0.5) is 0 Å². The summed E-state index contributed by atoms with van der Waals surface area (Å²) in [5, 5.41) is 32.4. The zero-order valence-electron chi connectivity index (χ0n) is 25.9. The second-order valence-corrected chi connectivity index (χ2v) is 11.4. The maximum atomic E-state index is 12.2. The Labute approximate surface area is 268 Å². The minimum Gasteiger partial charge on any atom is -0.454 e. The second kappa shape index (κ2) is 16.6.